The second-order valence-corrected chi connectivity index (χ2v) is 9.47. The molecule has 1 amide bonds. The molecule has 2 saturated heterocycles. The van der Waals surface area contributed by atoms with Crippen LogP contribution in [0, 0.1) is 0 Å². The molecule has 0 N–H and O–H groups in total. The van der Waals surface area contributed by atoms with Crippen molar-refractivity contribution in [3.8, 4) is 0 Å². The fraction of sp³-hybridized carbons (Fsp3) is 0.381. The van der Waals surface area contributed by atoms with Crippen molar-refractivity contribution in [2.45, 2.75) is 36.1 Å². The van der Waals surface area contributed by atoms with E-state index in [1.165, 1.54) is 6.07 Å². The fourth-order valence-electron chi connectivity index (χ4n) is 4.08. The van der Waals surface area contributed by atoms with E-state index >= 15 is 0 Å². The zero-order valence-electron chi connectivity index (χ0n) is 16.5. The summed E-state index contributed by atoms with van der Waals surface area (Å²) in [6.07, 6.45) is -4.98. The first-order valence-electron chi connectivity index (χ1n) is 9.86. The van der Waals surface area contributed by atoms with Crippen LogP contribution in [-0.2, 0) is 20.9 Å². The molecule has 4 rings (SSSR count). The molecule has 31 heavy (non-hydrogen) atoms. The predicted octanol–water partition coefficient (Wildman–Crippen LogP) is 4.05. The third-order valence-electron chi connectivity index (χ3n) is 5.69. The number of carbonyl (C=O) groups is 1. The van der Waals surface area contributed by atoms with Crippen molar-refractivity contribution in [1.29, 1.82) is 0 Å². The Morgan fingerprint density at radius 3 is 2.19 bits per heavy atom. The van der Waals surface area contributed by atoms with Gasteiger partial charge in [0.25, 0.3) is 0 Å². The molecule has 166 valence electrons. The highest BCUT2D eigenvalue weighted by Crippen LogP contribution is 2.36. The fourth-order valence-corrected chi connectivity index (χ4v) is 5.76. The van der Waals surface area contributed by atoms with Gasteiger partial charge in [0.05, 0.1) is 17.0 Å². The molecule has 0 aromatic heterocycles. The van der Waals surface area contributed by atoms with Crippen molar-refractivity contribution < 1.29 is 31.1 Å². The van der Waals surface area contributed by atoms with Gasteiger partial charge in [0.2, 0.25) is 10.0 Å². The lowest BCUT2D eigenvalue weighted by Gasteiger charge is -2.35. The number of ether oxygens (including phenoxy) is 1. The Hall–Kier alpha value is -2.59. The first-order chi connectivity index (χ1) is 14.7. The van der Waals surface area contributed by atoms with Gasteiger partial charge in [-0.05, 0) is 30.5 Å². The van der Waals surface area contributed by atoms with Gasteiger partial charge in [-0.1, -0.05) is 42.5 Å². The summed E-state index contributed by atoms with van der Waals surface area (Å²) in [5.74, 6) is 0. The number of amides is 1. The van der Waals surface area contributed by atoms with E-state index in [0.29, 0.717) is 19.4 Å². The smallest absolute Gasteiger partial charge is 0.417 e. The highest BCUT2D eigenvalue weighted by Gasteiger charge is 2.42. The van der Waals surface area contributed by atoms with Crippen LogP contribution in [0.2, 0.25) is 0 Å². The number of nitrogens with zero attached hydrogens (tertiary/aromatic N) is 2. The van der Waals surface area contributed by atoms with Crippen LogP contribution in [0.3, 0.4) is 0 Å². The maximum Gasteiger partial charge on any atom is 0.417 e. The van der Waals surface area contributed by atoms with Crippen LogP contribution in [0.1, 0.15) is 30.1 Å². The minimum Gasteiger partial charge on any atom is -0.439 e. The topological polar surface area (TPSA) is 66.9 Å². The van der Waals surface area contributed by atoms with Gasteiger partial charge in [-0.2, -0.15) is 17.5 Å². The third kappa shape index (κ3) is 4.27. The number of halogens is 3. The van der Waals surface area contributed by atoms with E-state index in [4.69, 9.17) is 4.74 Å². The molecule has 6 nitrogen and oxygen atoms in total. The normalized spacial score (nSPS) is 21.3. The van der Waals surface area contributed by atoms with E-state index in [0.717, 1.165) is 28.1 Å². The Bertz CT molecular complexity index is 1050. The van der Waals surface area contributed by atoms with Gasteiger partial charge in [-0.25, -0.2) is 13.2 Å². The Morgan fingerprint density at radius 2 is 1.55 bits per heavy atom. The van der Waals surface area contributed by atoms with Crippen molar-refractivity contribution in [3.63, 3.8) is 0 Å². The summed E-state index contributed by atoms with van der Waals surface area (Å²) in [6.45, 7) is 0.412. The number of alkyl halides is 3. The van der Waals surface area contributed by atoms with E-state index in [-0.39, 0.29) is 19.1 Å². The summed E-state index contributed by atoms with van der Waals surface area (Å²) in [5.41, 5.74) is -0.298. The van der Waals surface area contributed by atoms with Gasteiger partial charge in [0.1, 0.15) is 6.10 Å². The van der Waals surface area contributed by atoms with Crippen LogP contribution in [0.25, 0.3) is 0 Å². The number of rotatable bonds is 4. The van der Waals surface area contributed by atoms with Gasteiger partial charge >= 0.3 is 12.3 Å². The minimum absolute atomic E-state index is 0.0268. The summed E-state index contributed by atoms with van der Waals surface area (Å²) in [6, 6.07) is 13.3. The number of sulfonamides is 1. The molecule has 2 fully saturated rings. The van der Waals surface area contributed by atoms with E-state index < -0.39 is 38.9 Å². The molecule has 0 aliphatic carbocycles. The number of benzene rings is 2. The standard InChI is InChI=1S/C21H21F3N2O4S/c22-21(23,24)17-8-4-5-9-19(17)31(28,29)25-12-10-16(11-13-25)26-14-18(30-20(26)27)15-6-2-1-3-7-15/h1-9,16,18H,10-14H2. The second-order valence-electron chi connectivity index (χ2n) is 7.56. The van der Waals surface area contributed by atoms with Crippen molar-refractivity contribution in [2.24, 2.45) is 0 Å². The third-order valence-corrected chi connectivity index (χ3v) is 7.64. The molecule has 2 aliphatic heterocycles. The number of hydrogen-bond acceptors (Lipinski definition) is 4. The highest BCUT2D eigenvalue weighted by molar-refractivity contribution is 7.89. The van der Waals surface area contributed by atoms with Gasteiger partial charge in [0.15, 0.2) is 0 Å². The number of hydrogen-bond donors (Lipinski definition) is 0. The molecule has 0 bridgehead atoms. The molecule has 2 aromatic rings. The Morgan fingerprint density at radius 1 is 0.935 bits per heavy atom. The molecular formula is C21H21F3N2O4S. The van der Waals surface area contributed by atoms with Crippen molar-refractivity contribution in [3.05, 3.63) is 65.7 Å². The quantitative estimate of drug-likeness (QED) is 0.699. The molecule has 1 atom stereocenters. The predicted molar refractivity (Wildman–Crippen MR) is 106 cm³/mol. The van der Waals surface area contributed by atoms with Gasteiger partial charge in [0, 0.05) is 19.1 Å². The second kappa shape index (κ2) is 8.16. The molecule has 2 aliphatic rings. The maximum absolute atomic E-state index is 13.3. The average molecular weight is 454 g/mol. The van der Waals surface area contributed by atoms with Crippen molar-refractivity contribution >= 4 is 16.1 Å². The van der Waals surface area contributed by atoms with E-state index in [1.54, 1.807) is 4.90 Å². The van der Waals surface area contributed by atoms with E-state index in [2.05, 4.69) is 0 Å². The molecule has 0 radical (unpaired) electrons. The first kappa shape index (κ1) is 21.6. The summed E-state index contributed by atoms with van der Waals surface area (Å²) >= 11 is 0. The van der Waals surface area contributed by atoms with Crippen LogP contribution in [0.5, 0.6) is 0 Å². The monoisotopic (exact) mass is 454 g/mol. The summed E-state index contributed by atoms with van der Waals surface area (Å²) in [7, 11) is -4.31. The number of carbonyl (C=O) groups excluding carboxylic acids is 1. The van der Waals surface area contributed by atoms with Gasteiger partial charge < -0.3 is 9.64 Å². The van der Waals surface area contributed by atoms with Crippen molar-refractivity contribution in [2.75, 3.05) is 19.6 Å². The molecule has 10 heteroatoms. The molecular weight excluding hydrogens is 433 g/mol. The largest absolute Gasteiger partial charge is 0.439 e. The lowest BCUT2D eigenvalue weighted by molar-refractivity contribution is -0.139. The molecule has 1 unspecified atom stereocenters. The van der Waals surface area contributed by atoms with Crippen LogP contribution in [0.15, 0.2) is 59.5 Å². The molecule has 0 spiro atoms. The Kier molecular flexibility index (Phi) is 5.69. The zero-order chi connectivity index (χ0) is 22.2. The van der Waals surface area contributed by atoms with Crippen molar-refractivity contribution in [1.82, 2.24) is 9.21 Å². The lowest BCUT2D eigenvalue weighted by atomic mass is 10.0. The van der Waals surface area contributed by atoms with Gasteiger partial charge in [-0.15, -0.1) is 0 Å². The molecule has 0 saturated carbocycles. The lowest BCUT2D eigenvalue weighted by Crippen LogP contribution is -2.47. The maximum atomic E-state index is 13.3. The SMILES string of the molecule is O=C1OC(c2ccccc2)CN1C1CCN(S(=O)(=O)c2ccccc2C(F)(F)F)CC1. The summed E-state index contributed by atoms with van der Waals surface area (Å²) in [5, 5.41) is 0. The van der Waals surface area contributed by atoms with E-state index in [9.17, 15) is 26.4 Å². The number of piperidine rings is 1. The summed E-state index contributed by atoms with van der Waals surface area (Å²) in [4.78, 5) is 13.2. The first-order valence-corrected chi connectivity index (χ1v) is 11.3. The molecule has 2 heterocycles. The Balaban J connectivity index is 1.45. The highest BCUT2D eigenvalue weighted by atomic mass is 32.2. The Labute approximate surface area is 178 Å². The zero-order valence-corrected chi connectivity index (χ0v) is 17.3. The summed E-state index contributed by atoms with van der Waals surface area (Å²) < 4.78 is 72.2. The van der Waals surface area contributed by atoms with Gasteiger partial charge in [-0.3, -0.25) is 0 Å². The van der Waals surface area contributed by atoms with Crippen LogP contribution in [0.4, 0.5) is 18.0 Å². The average Bonchev–Trinajstić information content (AvgIpc) is 3.15. The van der Waals surface area contributed by atoms with E-state index in [1.807, 2.05) is 30.3 Å². The van der Waals surface area contributed by atoms with Crippen LogP contribution >= 0.6 is 0 Å². The van der Waals surface area contributed by atoms with Crippen LogP contribution in [-0.4, -0.2) is 49.4 Å². The van der Waals surface area contributed by atoms with Crippen LogP contribution < -0.4 is 0 Å². The molecule has 2 aromatic carbocycles. The number of cyclic esters (lactones) is 1. The minimum atomic E-state index is -4.77.